The summed E-state index contributed by atoms with van der Waals surface area (Å²) in [6.45, 7) is 2.49. The molecule has 1 saturated heterocycles. The van der Waals surface area contributed by atoms with Crippen LogP contribution in [-0.2, 0) is 22.8 Å². The minimum absolute atomic E-state index is 0.0291. The highest BCUT2D eigenvalue weighted by atomic mass is 32.2. The van der Waals surface area contributed by atoms with Crippen LogP contribution in [0.5, 0.6) is 0 Å². The fourth-order valence-corrected chi connectivity index (χ4v) is 6.12. The van der Waals surface area contributed by atoms with E-state index in [1.54, 1.807) is 44.3 Å². The Morgan fingerprint density at radius 1 is 0.913 bits per heavy atom. The van der Waals surface area contributed by atoms with Crippen LogP contribution in [-0.4, -0.2) is 54.6 Å². The molecule has 0 radical (unpaired) electrons. The number of carbonyl (C=O) groups is 1. The van der Waals surface area contributed by atoms with E-state index in [0.717, 1.165) is 17.8 Å². The van der Waals surface area contributed by atoms with Crippen molar-refractivity contribution in [2.75, 3.05) is 40.1 Å². The number of nitrogens with zero attached hydrogens (tertiary/aromatic N) is 3. The molecule has 0 bridgehead atoms. The summed E-state index contributed by atoms with van der Waals surface area (Å²) in [5, 5.41) is 5.67. The number of hydrogen-bond donors (Lipinski definition) is 2. The second-order valence-electron chi connectivity index (χ2n) is 10.8. The zero-order valence-corrected chi connectivity index (χ0v) is 25.3. The van der Waals surface area contributed by atoms with Gasteiger partial charge < -0.3 is 20.1 Å². The van der Waals surface area contributed by atoms with Crippen molar-refractivity contribution in [1.29, 1.82) is 0 Å². The van der Waals surface area contributed by atoms with Crippen molar-refractivity contribution < 1.29 is 35.2 Å². The largest absolute Gasteiger partial charge is 0.458 e. The van der Waals surface area contributed by atoms with Gasteiger partial charge in [-0.05, 0) is 55.0 Å². The van der Waals surface area contributed by atoms with Gasteiger partial charge in [-0.2, -0.15) is 22.0 Å². The molecule has 0 unspecified atom stereocenters. The molecule has 46 heavy (non-hydrogen) atoms. The maximum Gasteiger partial charge on any atom is 0.458 e. The smallest absolute Gasteiger partial charge is 0.369 e. The van der Waals surface area contributed by atoms with Gasteiger partial charge >= 0.3 is 12.1 Å². The second-order valence-corrected chi connectivity index (χ2v) is 13.1. The summed E-state index contributed by atoms with van der Waals surface area (Å²) < 4.78 is 90.2. The molecule has 1 amide bonds. The molecule has 15 heteroatoms. The third-order valence-electron chi connectivity index (χ3n) is 7.63. The minimum atomic E-state index is -5.77. The molecule has 0 aliphatic carbocycles. The lowest BCUT2D eigenvalue weighted by Gasteiger charge is -2.28. The van der Waals surface area contributed by atoms with Crippen LogP contribution in [0.2, 0.25) is 0 Å². The third-order valence-corrected chi connectivity index (χ3v) is 9.24. The number of anilines is 4. The quantitative estimate of drug-likeness (QED) is 0.247. The van der Waals surface area contributed by atoms with Crippen molar-refractivity contribution in [2.24, 2.45) is 7.05 Å². The molecule has 1 aromatic heterocycles. The standard InChI is InChI=1S/C31H28F5N5O4S/c1-19-24(4-3-5-25(19)39-28(42)20-6-8-21(9-7-20)30(32,33)31(34,35)36)26-18-40(2)29(43)27(38-26)37-22-10-12-23(13-11-22)41-14-16-46(44,45)17-15-41/h3-13,18H,14-17H2,1-2H3,(H,37,38)(H,39,42). The Morgan fingerprint density at radius 2 is 1.54 bits per heavy atom. The number of rotatable bonds is 7. The highest BCUT2D eigenvalue weighted by molar-refractivity contribution is 7.91. The van der Waals surface area contributed by atoms with Gasteiger partial charge in [0.1, 0.15) is 0 Å². The van der Waals surface area contributed by atoms with E-state index in [4.69, 9.17) is 0 Å². The van der Waals surface area contributed by atoms with E-state index >= 15 is 0 Å². The summed E-state index contributed by atoms with van der Waals surface area (Å²) in [5.41, 5.74) is 1.45. The Morgan fingerprint density at radius 3 is 2.15 bits per heavy atom. The van der Waals surface area contributed by atoms with Gasteiger partial charge in [0.15, 0.2) is 15.7 Å². The summed E-state index contributed by atoms with van der Waals surface area (Å²) in [5.74, 6) is -5.59. The van der Waals surface area contributed by atoms with Crippen molar-refractivity contribution in [1.82, 2.24) is 9.55 Å². The van der Waals surface area contributed by atoms with Crippen LogP contribution in [0.15, 0.2) is 77.7 Å². The summed E-state index contributed by atoms with van der Waals surface area (Å²) in [6.07, 6.45) is -4.25. The normalized spacial score (nSPS) is 15.0. The van der Waals surface area contributed by atoms with Crippen LogP contribution in [0, 0.1) is 6.92 Å². The van der Waals surface area contributed by atoms with Crippen molar-refractivity contribution >= 4 is 38.6 Å². The van der Waals surface area contributed by atoms with Gasteiger partial charge in [-0.3, -0.25) is 9.59 Å². The highest BCUT2D eigenvalue weighted by Gasteiger charge is 2.58. The van der Waals surface area contributed by atoms with Gasteiger partial charge in [0.25, 0.3) is 11.5 Å². The Balaban J connectivity index is 1.34. The summed E-state index contributed by atoms with van der Waals surface area (Å²) in [4.78, 5) is 32.3. The fourth-order valence-electron chi connectivity index (χ4n) is 4.92. The van der Waals surface area contributed by atoms with Crippen LogP contribution >= 0.6 is 0 Å². The number of amides is 1. The van der Waals surface area contributed by atoms with E-state index < -0.39 is 39.0 Å². The number of carbonyl (C=O) groups excluding carboxylic acids is 1. The zero-order valence-electron chi connectivity index (χ0n) is 24.5. The molecular weight excluding hydrogens is 633 g/mol. The maximum atomic E-state index is 13.6. The molecule has 0 saturated carbocycles. The van der Waals surface area contributed by atoms with Crippen LogP contribution in [0.4, 0.5) is 44.8 Å². The van der Waals surface area contributed by atoms with Gasteiger partial charge in [-0.15, -0.1) is 0 Å². The predicted octanol–water partition coefficient (Wildman–Crippen LogP) is 5.64. The number of aryl methyl sites for hydroxylation is 1. The van der Waals surface area contributed by atoms with E-state index in [2.05, 4.69) is 15.6 Å². The molecule has 1 fully saturated rings. The molecule has 5 rings (SSSR count). The van der Waals surface area contributed by atoms with Gasteiger partial charge in [-0.25, -0.2) is 13.4 Å². The number of sulfone groups is 1. The van der Waals surface area contributed by atoms with Gasteiger partial charge in [0, 0.05) is 60.1 Å². The molecule has 1 aliphatic rings. The average molecular weight is 662 g/mol. The summed E-state index contributed by atoms with van der Waals surface area (Å²) >= 11 is 0. The molecular formula is C31H28F5N5O4S. The number of hydrogen-bond acceptors (Lipinski definition) is 7. The van der Waals surface area contributed by atoms with Crippen molar-refractivity contribution in [3.05, 3.63) is 100.0 Å². The van der Waals surface area contributed by atoms with Crippen molar-refractivity contribution in [3.63, 3.8) is 0 Å². The molecule has 4 aromatic rings. The van der Waals surface area contributed by atoms with Gasteiger partial charge in [-0.1, -0.05) is 24.3 Å². The summed E-state index contributed by atoms with van der Waals surface area (Å²) in [7, 11) is -1.46. The Kier molecular flexibility index (Phi) is 8.64. The van der Waals surface area contributed by atoms with Crippen molar-refractivity contribution in [3.8, 4) is 11.3 Å². The molecule has 1 aliphatic heterocycles. The van der Waals surface area contributed by atoms with Crippen LogP contribution in [0.1, 0.15) is 21.5 Å². The van der Waals surface area contributed by atoms with E-state index in [1.807, 2.05) is 17.0 Å². The minimum Gasteiger partial charge on any atom is -0.369 e. The van der Waals surface area contributed by atoms with E-state index in [1.165, 1.54) is 10.8 Å². The molecule has 2 N–H and O–H groups in total. The Hall–Kier alpha value is -4.79. The summed E-state index contributed by atoms with van der Waals surface area (Å²) in [6, 6.07) is 15.0. The molecule has 0 atom stereocenters. The van der Waals surface area contributed by atoms with Gasteiger partial charge in [0.2, 0.25) is 0 Å². The molecule has 242 valence electrons. The molecule has 2 heterocycles. The Labute approximate surface area is 260 Å². The number of halogens is 5. The van der Waals surface area contributed by atoms with Crippen LogP contribution < -0.4 is 21.1 Å². The first-order valence-electron chi connectivity index (χ1n) is 13.9. The van der Waals surface area contributed by atoms with Crippen molar-refractivity contribution in [2.45, 2.75) is 19.0 Å². The first-order chi connectivity index (χ1) is 21.6. The first-order valence-corrected chi connectivity index (χ1v) is 15.7. The number of nitrogens with one attached hydrogen (secondary N) is 2. The second kappa shape index (κ2) is 12.2. The van der Waals surface area contributed by atoms with Gasteiger partial charge in [0.05, 0.1) is 17.2 Å². The molecule has 0 spiro atoms. The topological polar surface area (TPSA) is 113 Å². The lowest BCUT2D eigenvalue weighted by atomic mass is 10.0. The maximum absolute atomic E-state index is 13.6. The average Bonchev–Trinajstić information content (AvgIpc) is 3.00. The fraction of sp³-hybridized carbons (Fsp3) is 0.258. The van der Waals surface area contributed by atoms with E-state index in [0.29, 0.717) is 53.4 Å². The molecule has 3 aromatic carbocycles. The van der Waals surface area contributed by atoms with Crippen LogP contribution in [0.3, 0.4) is 0 Å². The third kappa shape index (κ3) is 6.73. The number of aromatic nitrogens is 2. The van der Waals surface area contributed by atoms with E-state index in [9.17, 15) is 40.0 Å². The van der Waals surface area contributed by atoms with Crippen LogP contribution in [0.25, 0.3) is 11.3 Å². The van der Waals surface area contributed by atoms with E-state index in [-0.39, 0.29) is 22.9 Å². The predicted molar refractivity (Wildman–Crippen MR) is 165 cm³/mol. The molecule has 9 nitrogen and oxygen atoms in total. The Bertz CT molecular complexity index is 1930. The number of alkyl halides is 5. The highest BCUT2D eigenvalue weighted by Crippen LogP contribution is 2.43. The number of benzene rings is 3. The zero-order chi connectivity index (χ0) is 33.4. The lowest BCUT2D eigenvalue weighted by Crippen LogP contribution is -2.40. The monoisotopic (exact) mass is 661 g/mol. The lowest BCUT2D eigenvalue weighted by molar-refractivity contribution is -0.289. The first kappa shape index (κ1) is 32.6. The SMILES string of the molecule is Cc1c(NC(=O)c2ccc(C(F)(F)C(F)(F)F)cc2)cccc1-c1cn(C)c(=O)c(Nc2ccc(N3CCS(=O)(=O)CC3)cc2)n1.